The van der Waals surface area contributed by atoms with Gasteiger partial charge in [0, 0.05) is 25.6 Å². The number of carboxylic acid groups (broad SMARTS) is 1. The summed E-state index contributed by atoms with van der Waals surface area (Å²) in [7, 11) is 1.74. The number of unbranched alkanes of at least 4 members (excludes halogenated alkanes) is 1. The first-order chi connectivity index (χ1) is 8.99. The Hall–Kier alpha value is -1.91. The van der Waals surface area contributed by atoms with Gasteiger partial charge in [-0.05, 0) is 31.9 Å². The van der Waals surface area contributed by atoms with E-state index < -0.39 is 5.97 Å². The van der Waals surface area contributed by atoms with Crippen LogP contribution in [0.5, 0.6) is 0 Å². The third kappa shape index (κ3) is 5.99. The van der Waals surface area contributed by atoms with Crippen molar-refractivity contribution in [2.45, 2.75) is 39.2 Å². The molecule has 0 bridgehead atoms. The van der Waals surface area contributed by atoms with Gasteiger partial charge in [0.1, 0.15) is 0 Å². The zero-order valence-electron chi connectivity index (χ0n) is 11.4. The lowest BCUT2D eigenvalue weighted by molar-refractivity contribution is -0.137. The van der Waals surface area contributed by atoms with Gasteiger partial charge in [-0.2, -0.15) is 0 Å². The standard InChI is InChI=1S/C14H20N2O3/c1-11-6-5-7-12(15-11)10-16(2)13(17)8-3-4-9-14(18)19/h5-7H,3-4,8-10H2,1-2H3,(H,18,19). The van der Waals surface area contributed by atoms with Crippen LogP contribution in [0.2, 0.25) is 0 Å². The van der Waals surface area contributed by atoms with Crippen LogP contribution in [-0.4, -0.2) is 33.9 Å². The van der Waals surface area contributed by atoms with Crippen molar-refractivity contribution in [2.24, 2.45) is 0 Å². The van der Waals surface area contributed by atoms with Crippen LogP contribution in [-0.2, 0) is 16.1 Å². The lowest BCUT2D eigenvalue weighted by Crippen LogP contribution is -2.26. The molecule has 0 aliphatic carbocycles. The van der Waals surface area contributed by atoms with Gasteiger partial charge >= 0.3 is 5.97 Å². The topological polar surface area (TPSA) is 70.5 Å². The second-order valence-corrected chi connectivity index (χ2v) is 4.62. The average Bonchev–Trinajstić information content (AvgIpc) is 2.34. The Morgan fingerprint density at radius 3 is 2.58 bits per heavy atom. The van der Waals surface area contributed by atoms with Gasteiger partial charge in [0.05, 0.1) is 12.2 Å². The monoisotopic (exact) mass is 264 g/mol. The Labute approximate surface area is 113 Å². The van der Waals surface area contributed by atoms with Crippen LogP contribution in [0.1, 0.15) is 37.1 Å². The minimum absolute atomic E-state index is 0.0219. The smallest absolute Gasteiger partial charge is 0.303 e. The second-order valence-electron chi connectivity index (χ2n) is 4.62. The highest BCUT2D eigenvalue weighted by molar-refractivity contribution is 5.75. The summed E-state index contributed by atoms with van der Waals surface area (Å²) < 4.78 is 0. The normalized spacial score (nSPS) is 10.2. The summed E-state index contributed by atoms with van der Waals surface area (Å²) in [6, 6.07) is 5.72. The highest BCUT2D eigenvalue weighted by atomic mass is 16.4. The molecule has 1 amide bonds. The minimum Gasteiger partial charge on any atom is -0.481 e. The number of rotatable bonds is 7. The molecule has 0 unspecified atom stereocenters. The number of nitrogens with zero attached hydrogens (tertiary/aromatic N) is 2. The van der Waals surface area contributed by atoms with Crippen molar-refractivity contribution in [2.75, 3.05) is 7.05 Å². The number of pyridine rings is 1. The minimum atomic E-state index is -0.815. The molecule has 0 fully saturated rings. The zero-order valence-corrected chi connectivity index (χ0v) is 11.4. The van der Waals surface area contributed by atoms with Crippen LogP contribution in [0, 0.1) is 6.92 Å². The fraction of sp³-hybridized carbons (Fsp3) is 0.500. The van der Waals surface area contributed by atoms with Crippen LogP contribution in [0.4, 0.5) is 0 Å². The van der Waals surface area contributed by atoms with E-state index >= 15 is 0 Å². The SMILES string of the molecule is Cc1cccc(CN(C)C(=O)CCCCC(=O)O)n1. The number of aromatic nitrogens is 1. The van der Waals surface area contributed by atoms with Gasteiger partial charge in [-0.3, -0.25) is 14.6 Å². The lowest BCUT2D eigenvalue weighted by atomic mass is 10.2. The van der Waals surface area contributed by atoms with E-state index in [1.54, 1.807) is 11.9 Å². The largest absolute Gasteiger partial charge is 0.481 e. The molecular weight excluding hydrogens is 244 g/mol. The molecule has 1 heterocycles. The Balaban J connectivity index is 2.34. The maximum atomic E-state index is 11.8. The van der Waals surface area contributed by atoms with Gasteiger partial charge < -0.3 is 10.0 Å². The van der Waals surface area contributed by atoms with E-state index in [-0.39, 0.29) is 12.3 Å². The number of carbonyl (C=O) groups excluding carboxylic acids is 1. The highest BCUT2D eigenvalue weighted by Crippen LogP contribution is 2.06. The van der Waals surface area contributed by atoms with Gasteiger partial charge in [-0.1, -0.05) is 6.07 Å². The predicted octanol–water partition coefficient (Wildman–Crippen LogP) is 1.99. The van der Waals surface area contributed by atoms with E-state index in [1.807, 2.05) is 25.1 Å². The van der Waals surface area contributed by atoms with E-state index in [0.29, 0.717) is 25.8 Å². The molecule has 1 N–H and O–H groups in total. The Kier molecular flexibility index (Phi) is 5.99. The third-order valence-corrected chi connectivity index (χ3v) is 2.80. The van der Waals surface area contributed by atoms with Crippen molar-refractivity contribution in [3.8, 4) is 0 Å². The quantitative estimate of drug-likeness (QED) is 0.765. The molecule has 1 rings (SSSR count). The van der Waals surface area contributed by atoms with Gasteiger partial charge in [-0.15, -0.1) is 0 Å². The predicted molar refractivity (Wildman–Crippen MR) is 71.6 cm³/mol. The fourth-order valence-corrected chi connectivity index (χ4v) is 1.76. The van der Waals surface area contributed by atoms with Crippen LogP contribution in [0.25, 0.3) is 0 Å². The van der Waals surface area contributed by atoms with Crippen LogP contribution in [0.15, 0.2) is 18.2 Å². The van der Waals surface area contributed by atoms with Gasteiger partial charge in [0.15, 0.2) is 0 Å². The van der Waals surface area contributed by atoms with Gasteiger partial charge in [0.2, 0.25) is 5.91 Å². The van der Waals surface area contributed by atoms with Crippen molar-refractivity contribution in [3.05, 3.63) is 29.6 Å². The summed E-state index contributed by atoms with van der Waals surface area (Å²) >= 11 is 0. The molecule has 0 aromatic carbocycles. The third-order valence-electron chi connectivity index (χ3n) is 2.80. The molecular formula is C14H20N2O3. The molecule has 0 saturated heterocycles. The summed E-state index contributed by atoms with van der Waals surface area (Å²) in [5.41, 5.74) is 1.79. The summed E-state index contributed by atoms with van der Waals surface area (Å²) in [5, 5.41) is 8.51. The average molecular weight is 264 g/mol. The molecule has 104 valence electrons. The van der Waals surface area contributed by atoms with E-state index in [9.17, 15) is 9.59 Å². The molecule has 1 aromatic rings. The molecule has 19 heavy (non-hydrogen) atoms. The van der Waals surface area contributed by atoms with Crippen molar-refractivity contribution < 1.29 is 14.7 Å². The number of carbonyl (C=O) groups is 2. The summed E-state index contributed by atoms with van der Waals surface area (Å²) in [6.45, 7) is 2.40. The molecule has 5 heteroatoms. The molecule has 0 aliphatic rings. The summed E-state index contributed by atoms with van der Waals surface area (Å²) in [4.78, 5) is 28.1. The van der Waals surface area contributed by atoms with Crippen molar-refractivity contribution in [1.29, 1.82) is 0 Å². The van der Waals surface area contributed by atoms with E-state index in [1.165, 1.54) is 0 Å². The summed E-state index contributed by atoms with van der Waals surface area (Å²) in [5.74, 6) is -0.793. The molecule has 0 atom stereocenters. The number of carboxylic acids is 1. The molecule has 0 aliphatic heterocycles. The van der Waals surface area contributed by atoms with Crippen LogP contribution in [0.3, 0.4) is 0 Å². The first kappa shape index (κ1) is 15.1. The zero-order chi connectivity index (χ0) is 14.3. The van der Waals surface area contributed by atoms with E-state index in [2.05, 4.69) is 4.98 Å². The van der Waals surface area contributed by atoms with Crippen molar-refractivity contribution in [1.82, 2.24) is 9.88 Å². The fourth-order valence-electron chi connectivity index (χ4n) is 1.76. The Morgan fingerprint density at radius 2 is 1.95 bits per heavy atom. The maximum Gasteiger partial charge on any atom is 0.303 e. The Morgan fingerprint density at radius 1 is 1.26 bits per heavy atom. The lowest BCUT2D eigenvalue weighted by Gasteiger charge is -2.16. The maximum absolute atomic E-state index is 11.8. The van der Waals surface area contributed by atoms with Gasteiger partial charge in [-0.25, -0.2) is 0 Å². The first-order valence-electron chi connectivity index (χ1n) is 6.37. The van der Waals surface area contributed by atoms with Crippen molar-refractivity contribution >= 4 is 11.9 Å². The van der Waals surface area contributed by atoms with Crippen LogP contribution < -0.4 is 0 Å². The number of amides is 1. The molecule has 0 radical (unpaired) electrons. The Bertz CT molecular complexity index is 446. The second kappa shape index (κ2) is 7.51. The van der Waals surface area contributed by atoms with Crippen LogP contribution >= 0.6 is 0 Å². The van der Waals surface area contributed by atoms with E-state index in [4.69, 9.17) is 5.11 Å². The first-order valence-corrected chi connectivity index (χ1v) is 6.37. The number of hydrogen-bond donors (Lipinski definition) is 1. The molecule has 0 saturated carbocycles. The van der Waals surface area contributed by atoms with E-state index in [0.717, 1.165) is 11.4 Å². The highest BCUT2D eigenvalue weighted by Gasteiger charge is 2.10. The molecule has 1 aromatic heterocycles. The number of aliphatic carboxylic acids is 1. The molecule has 5 nitrogen and oxygen atoms in total. The van der Waals surface area contributed by atoms with Gasteiger partial charge in [0.25, 0.3) is 0 Å². The number of hydrogen-bond acceptors (Lipinski definition) is 3. The molecule has 0 spiro atoms. The van der Waals surface area contributed by atoms with Crippen molar-refractivity contribution in [3.63, 3.8) is 0 Å². The number of aryl methyl sites for hydroxylation is 1. The summed E-state index contributed by atoms with van der Waals surface area (Å²) in [6.07, 6.45) is 1.65.